The Hall–Kier alpha value is -0.0800. The van der Waals surface area contributed by atoms with Gasteiger partial charge in [-0.25, -0.2) is 0 Å². The first kappa shape index (κ1) is 12.4. The maximum atomic E-state index is 6.14. The van der Waals surface area contributed by atoms with E-state index in [4.69, 9.17) is 4.74 Å². The predicted octanol–water partition coefficient (Wildman–Crippen LogP) is 2.78. The molecule has 2 rings (SSSR count). The third-order valence-corrected chi connectivity index (χ3v) is 5.57. The molecule has 2 saturated carbocycles. The zero-order valence-corrected chi connectivity index (χ0v) is 11.5. The second-order valence-corrected chi connectivity index (χ2v) is 6.77. The van der Waals surface area contributed by atoms with Crippen LogP contribution in [0.15, 0.2) is 0 Å². The summed E-state index contributed by atoms with van der Waals surface area (Å²) < 4.78 is 6.14. The van der Waals surface area contributed by atoms with Gasteiger partial charge in [0.1, 0.15) is 0 Å². The topological polar surface area (TPSA) is 12.5 Å². The van der Waals surface area contributed by atoms with Crippen LogP contribution in [0.4, 0.5) is 0 Å². The maximum Gasteiger partial charge on any atom is 0.0637 e. The largest absolute Gasteiger partial charge is 0.376 e. The van der Waals surface area contributed by atoms with Crippen molar-refractivity contribution in [1.82, 2.24) is 4.90 Å². The Morgan fingerprint density at radius 3 is 2.38 bits per heavy atom. The van der Waals surface area contributed by atoms with Gasteiger partial charge in [0.25, 0.3) is 0 Å². The van der Waals surface area contributed by atoms with Gasteiger partial charge in [-0.05, 0) is 50.1 Å². The monoisotopic (exact) mass is 225 g/mol. The first-order valence-corrected chi connectivity index (χ1v) is 6.64. The summed E-state index contributed by atoms with van der Waals surface area (Å²) in [6.45, 7) is 9.26. The van der Waals surface area contributed by atoms with Crippen LogP contribution in [-0.2, 0) is 4.74 Å². The van der Waals surface area contributed by atoms with Crippen LogP contribution in [0.1, 0.15) is 40.0 Å². The van der Waals surface area contributed by atoms with Crippen molar-refractivity contribution in [2.24, 2.45) is 16.7 Å². The zero-order chi connectivity index (χ0) is 12.0. The lowest BCUT2D eigenvalue weighted by molar-refractivity contribution is -0.0495. The molecule has 2 bridgehead atoms. The van der Waals surface area contributed by atoms with Gasteiger partial charge in [0.05, 0.1) is 12.7 Å². The molecule has 2 aliphatic carbocycles. The molecule has 2 heteroatoms. The van der Waals surface area contributed by atoms with Gasteiger partial charge in [0, 0.05) is 6.54 Å². The smallest absolute Gasteiger partial charge is 0.0637 e. The average molecular weight is 225 g/mol. The summed E-state index contributed by atoms with van der Waals surface area (Å²) in [5, 5.41) is 0. The van der Waals surface area contributed by atoms with Crippen LogP contribution < -0.4 is 0 Å². The Kier molecular flexibility index (Phi) is 3.09. The molecule has 16 heavy (non-hydrogen) atoms. The summed E-state index contributed by atoms with van der Waals surface area (Å²) in [6.07, 6.45) is 4.56. The molecule has 0 radical (unpaired) electrons. The van der Waals surface area contributed by atoms with Gasteiger partial charge in [0.15, 0.2) is 0 Å². The van der Waals surface area contributed by atoms with E-state index in [0.717, 1.165) is 19.1 Å². The van der Waals surface area contributed by atoms with Crippen LogP contribution in [0.2, 0.25) is 0 Å². The van der Waals surface area contributed by atoms with Gasteiger partial charge >= 0.3 is 0 Å². The number of likely N-dealkylation sites (N-methyl/N-ethyl adjacent to an activating group) is 1. The average Bonchev–Trinajstić information content (AvgIpc) is 2.49. The highest BCUT2D eigenvalue weighted by atomic mass is 16.5. The van der Waals surface area contributed by atoms with Crippen molar-refractivity contribution >= 4 is 0 Å². The molecule has 0 amide bonds. The minimum absolute atomic E-state index is 0.421. The van der Waals surface area contributed by atoms with Crippen LogP contribution in [0, 0.1) is 16.7 Å². The highest BCUT2D eigenvalue weighted by molar-refractivity contribution is 5.11. The Morgan fingerprint density at radius 2 is 1.94 bits per heavy atom. The van der Waals surface area contributed by atoms with Crippen molar-refractivity contribution in [3.05, 3.63) is 0 Å². The van der Waals surface area contributed by atoms with Crippen molar-refractivity contribution in [3.63, 3.8) is 0 Å². The fourth-order valence-electron chi connectivity index (χ4n) is 3.76. The molecular weight excluding hydrogens is 198 g/mol. The number of ether oxygens (including phenoxy) is 1. The van der Waals surface area contributed by atoms with E-state index in [1.807, 2.05) is 0 Å². The van der Waals surface area contributed by atoms with Crippen LogP contribution >= 0.6 is 0 Å². The molecule has 0 aliphatic heterocycles. The maximum absolute atomic E-state index is 6.14. The zero-order valence-electron chi connectivity index (χ0n) is 11.5. The van der Waals surface area contributed by atoms with Gasteiger partial charge < -0.3 is 9.64 Å². The fraction of sp³-hybridized carbons (Fsp3) is 1.00. The van der Waals surface area contributed by atoms with Gasteiger partial charge in [0.2, 0.25) is 0 Å². The van der Waals surface area contributed by atoms with E-state index in [1.54, 1.807) is 0 Å². The summed E-state index contributed by atoms with van der Waals surface area (Å²) in [6, 6.07) is 0. The van der Waals surface area contributed by atoms with Crippen molar-refractivity contribution in [1.29, 1.82) is 0 Å². The van der Waals surface area contributed by atoms with E-state index in [9.17, 15) is 0 Å². The molecule has 0 aromatic rings. The molecule has 0 spiro atoms. The number of nitrogens with zero attached hydrogens (tertiary/aromatic N) is 1. The lowest BCUT2D eigenvalue weighted by Crippen LogP contribution is -2.38. The van der Waals surface area contributed by atoms with E-state index >= 15 is 0 Å². The first-order valence-electron chi connectivity index (χ1n) is 6.64. The minimum Gasteiger partial charge on any atom is -0.376 e. The number of rotatable bonds is 4. The van der Waals surface area contributed by atoms with Gasteiger partial charge in [-0.2, -0.15) is 0 Å². The molecule has 0 aromatic heterocycles. The minimum atomic E-state index is 0.421. The molecule has 3 unspecified atom stereocenters. The van der Waals surface area contributed by atoms with Crippen LogP contribution in [0.5, 0.6) is 0 Å². The van der Waals surface area contributed by atoms with Crippen molar-refractivity contribution in [2.45, 2.75) is 46.1 Å². The molecule has 3 atom stereocenters. The predicted molar refractivity (Wildman–Crippen MR) is 67.5 cm³/mol. The highest BCUT2D eigenvalue weighted by Crippen LogP contribution is 2.66. The number of hydrogen-bond acceptors (Lipinski definition) is 2. The molecule has 0 heterocycles. The van der Waals surface area contributed by atoms with Gasteiger partial charge in [-0.1, -0.05) is 20.8 Å². The highest BCUT2D eigenvalue weighted by Gasteiger charge is 2.61. The van der Waals surface area contributed by atoms with E-state index in [2.05, 4.69) is 39.8 Å². The fourth-order valence-corrected chi connectivity index (χ4v) is 3.76. The first-order chi connectivity index (χ1) is 7.38. The molecular formula is C14H27NO. The van der Waals surface area contributed by atoms with E-state index in [0.29, 0.717) is 16.9 Å². The second kappa shape index (κ2) is 3.99. The molecule has 2 nitrogen and oxygen atoms in total. The van der Waals surface area contributed by atoms with E-state index < -0.39 is 0 Å². The SMILES string of the molecule is CN(C)CCOC1CC2CCC1(C)C2(C)C. The standard InChI is InChI=1S/C14H27NO/c1-13(2)11-6-7-14(13,3)12(10-11)16-9-8-15(4)5/h11-12H,6-10H2,1-5H3. The van der Waals surface area contributed by atoms with Crippen molar-refractivity contribution in [3.8, 4) is 0 Å². The molecule has 2 fully saturated rings. The molecule has 0 N–H and O–H groups in total. The Bertz CT molecular complexity index is 261. The van der Waals surface area contributed by atoms with Crippen molar-refractivity contribution in [2.75, 3.05) is 27.2 Å². The molecule has 2 aliphatic rings. The Labute approximate surface area is 100 Å². The molecule has 0 saturated heterocycles. The normalized spacial score (nSPS) is 40.9. The summed E-state index contributed by atoms with van der Waals surface area (Å²) >= 11 is 0. The summed E-state index contributed by atoms with van der Waals surface area (Å²) in [7, 11) is 4.21. The van der Waals surface area contributed by atoms with Crippen LogP contribution in [-0.4, -0.2) is 38.3 Å². The van der Waals surface area contributed by atoms with Crippen molar-refractivity contribution < 1.29 is 4.74 Å². The Balaban J connectivity index is 1.94. The number of hydrogen-bond donors (Lipinski definition) is 0. The van der Waals surface area contributed by atoms with Crippen LogP contribution in [0.25, 0.3) is 0 Å². The lowest BCUT2D eigenvalue weighted by atomic mass is 9.70. The summed E-state index contributed by atoms with van der Waals surface area (Å²) in [5.74, 6) is 0.891. The van der Waals surface area contributed by atoms with Gasteiger partial charge in [-0.15, -0.1) is 0 Å². The summed E-state index contributed by atoms with van der Waals surface area (Å²) in [4.78, 5) is 2.20. The van der Waals surface area contributed by atoms with Gasteiger partial charge in [-0.3, -0.25) is 0 Å². The van der Waals surface area contributed by atoms with E-state index in [1.165, 1.54) is 19.3 Å². The third-order valence-electron chi connectivity index (χ3n) is 5.57. The molecule has 94 valence electrons. The number of fused-ring (bicyclic) bond motifs is 2. The lowest BCUT2D eigenvalue weighted by Gasteiger charge is -2.39. The second-order valence-electron chi connectivity index (χ2n) is 6.77. The quantitative estimate of drug-likeness (QED) is 0.729. The molecule has 0 aromatic carbocycles. The van der Waals surface area contributed by atoms with Crippen LogP contribution in [0.3, 0.4) is 0 Å². The third kappa shape index (κ3) is 1.70. The van der Waals surface area contributed by atoms with E-state index in [-0.39, 0.29) is 0 Å². The summed E-state index contributed by atoms with van der Waals surface area (Å²) in [5.41, 5.74) is 0.903. The Morgan fingerprint density at radius 1 is 1.25 bits per heavy atom.